The third kappa shape index (κ3) is 3.06. The Morgan fingerprint density at radius 2 is 1.70 bits per heavy atom. The monoisotopic (exact) mass is 324 g/mol. The van der Waals surface area contributed by atoms with Crippen LogP contribution in [0.25, 0.3) is 0 Å². The Labute approximate surface area is 137 Å². The van der Waals surface area contributed by atoms with E-state index in [0.717, 1.165) is 32.1 Å². The fourth-order valence-corrected chi connectivity index (χ4v) is 5.26. The topological polar surface area (TPSA) is 76.0 Å². The molecule has 2 N–H and O–H groups in total. The minimum absolute atomic E-state index is 0.223. The van der Waals surface area contributed by atoms with Crippen molar-refractivity contribution in [1.82, 2.24) is 0 Å². The van der Waals surface area contributed by atoms with Crippen LogP contribution in [-0.2, 0) is 14.3 Å². The Morgan fingerprint density at radius 3 is 2.17 bits per heavy atom. The summed E-state index contributed by atoms with van der Waals surface area (Å²) in [5.41, 5.74) is -1.40. The van der Waals surface area contributed by atoms with Crippen molar-refractivity contribution in [3.63, 3.8) is 0 Å². The van der Waals surface area contributed by atoms with Gasteiger partial charge in [-0.25, -0.2) is 4.79 Å². The highest BCUT2D eigenvalue weighted by Crippen LogP contribution is 2.61. The van der Waals surface area contributed by atoms with Gasteiger partial charge in [0.25, 0.3) is 0 Å². The van der Waals surface area contributed by atoms with Crippen LogP contribution in [0.4, 0.5) is 0 Å². The van der Waals surface area contributed by atoms with Crippen LogP contribution in [-0.4, -0.2) is 46.2 Å². The van der Waals surface area contributed by atoms with Gasteiger partial charge < -0.3 is 19.7 Å². The number of carbonyl (C=O) groups is 1. The van der Waals surface area contributed by atoms with Crippen LogP contribution < -0.4 is 0 Å². The third-order valence-corrected chi connectivity index (χ3v) is 5.74. The number of aliphatic hydroxyl groups excluding tert-OH is 2. The van der Waals surface area contributed by atoms with Crippen molar-refractivity contribution >= 4 is 5.97 Å². The Kier molecular flexibility index (Phi) is 4.10. The summed E-state index contributed by atoms with van der Waals surface area (Å²) in [4.78, 5) is 12.1. The maximum Gasteiger partial charge on any atom is 0.333 e. The fourth-order valence-electron chi connectivity index (χ4n) is 5.26. The molecule has 0 spiro atoms. The van der Waals surface area contributed by atoms with Crippen molar-refractivity contribution in [3.8, 4) is 0 Å². The predicted molar refractivity (Wildman–Crippen MR) is 84.7 cm³/mol. The smallest absolute Gasteiger partial charge is 0.333 e. The van der Waals surface area contributed by atoms with Gasteiger partial charge in [-0.15, -0.1) is 0 Å². The zero-order chi connectivity index (χ0) is 16.9. The van der Waals surface area contributed by atoms with Crippen LogP contribution in [0.5, 0.6) is 0 Å². The molecule has 4 rings (SSSR count). The summed E-state index contributed by atoms with van der Waals surface area (Å²) in [6.07, 6.45) is 5.44. The molecule has 4 bridgehead atoms. The minimum Gasteiger partial charge on any atom is -0.456 e. The summed E-state index contributed by atoms with van der Waals surface area (Å²) in [7, 11) is 0. The molecule has 4 aliphatic carbocycles. The summed E-state index contributed by atoms with van der Waals surface area (Å²) in [5, 5.41) is 19.2. The molecule has 0 radical (unpaired) electrons. The number of carbonyl (C=O) groups excluding carboxylic acids is 1. The lowest BCUT2D eigenvalue weighted by Gasteiger charge is -2.62. The SMILES string of the molecule is C=C(C)C(=O)OC12CC3CC(C1)CC(OC(C)(CO)CO)(C3)C2. The second-order valence-electron chi connectivity index (χ2n) is 8.37. The van der Waals surface area contributed by atoms with Crippen LogP contribution in [0.15, 0.2) is 12.2 Å². The van der Waals surface area contributed by atoms with E-state index in [2.05, 4.69) is 6.58 Å². The molecule has 0 aliphatic heterocycles. The molecule has 23 heavy (non-hydrogen) atoms. The molecular formula is C18H28O5. The van der Waals surface area contributed by atoms with E-state index in [0.29, 0.717) is 23.8 Å². The van der Waals surface area contributed by atoms with Crippen molar-refractivity contribution in [2.24, 2.45) is 11.8 Å². The molecule has 4 aliphatic rings. The van der Waals surface area contributed by atoms with E-state index in [4.69, 9.17) is 9.47 Å². The molecule has 2 atom stereocenters. The molecule has 130 valence electrons. The predicted octanol–water partition coefficient (Wildman–Crippen LogP) is 1.96. The van der Waals surface area contributed by atoms with Crippen molar-refractivity contribution in [3.05, 3.63) is 12.2 Å². The zero-order valence-electron chi connectivity index (χ0n) is 14.1. The fraction of sp³-hybridized carbons (Fsp3) is 0.833. The van der Waals surface area contributed by atoms with Gasteiger partial charge in [0.05, 0.1) is 18.8 Å². The summed E-state index contributed by atoms with van der Waals surface area (Å²) in [5.74, 6) is 0.640. The van der Waals surface area contributed by atoms with Crippen LogP contribution in [0.1, 0.15) is 52.4 Å². The number of hydrogen-bond donors (Lipinski definition) is 2. The quantitative estimate of drug-likeness (QED) is 0.577. The first-order valence-corrected chi connectivity index (χ1v) is 8.53. The number of hydrogen-bond acceptors (Lipinski definition) is 5. The van der Waals surface area contributed by atoms with E-state index in [1.165, 1.54) is 0 Å². The van der Waals surface area contributed by atoms with E-state index < -0.39 is 16.8 Å². The Hall–Kier alpha value is -0.910. The molecule has 5 nitrogen and oxygen atoms in total. The van der Waals surface area contributed by atoms with Gasteiger partial charge in [0.2, 0.25) is 0 Å². The molecule has 4 saturated carbocycles. The second-order valence-corrected chi connectivity index (χ2v) is 8.37. The number of rotatable bonds is 6. The van der Waals surface area contributed by atoms with E-state index in [9.17, 15) is 15.0 Å². The highest BCUT2D eigenvalue weighted by Gasteiger charge is 2.61. The van der Waals surface area contributed by atoms with Crippen LogP contribution in [0, 0.1) is 11.8 Å². The van der Waals surface area contributed by atoms with Gasteiger partial charge in [-0.1, -0.05) is 6.58 Å². The minimum atomic E-state index is -0.953. The van der Waals surface area contributed by atoms with E-state index in [-0.39, 0.29) is 19.2 Å². The van der Waals surface area contributed by atoms with Gasteiger partial charge in [0.15, 0.2) is 0 Å². The molecule has 0 saturated heterocycles. The van der Waals surface area contributed by atoms with Gasteiger partial charge in [-0.2, -0.15) is 0 Å². The van der Waals surface area contributed by atoms with Gasteiger partial charge in [0, 0.05) is 12.0 Å². The lowest BCUT2D eigenvalue weighted by atomic mass is 9.52. The summed E-state index contributed by atoms with van der Waals surface area (Å²) in [6, 6.07) is 0. The second kappa shape index (κ2) is 5.57. The highest BCUT2D eigenvalue weighted by atomic mass is 16.6. The zero-order valence-corrected chi connectivity index (χ0v) is 14.1. The standard InChI is InChI=1S/C18H28O5/c1-12(2)15(21)22-17-5-13-4-14(6-17)8-18(7-13,9-17)23-16(3,10-19)11-20/h13-14,19-20H,1,4-11H2,2-3H3. The first-order chi connectivity index (χ1) is 10.7. The molecule has 0 aromatic carbocycles. The van der Waals surface area contributed by atoms with Crippen molar-refractivity contribution in [1.29, 1.82) is 0 Å². The number of ether oxygens (including phenoxy) is 2. The Balaban J connectivity index is 1.84. The summed E-state index contributed by atoms with van der Waals surface area (Å²) < 4.78 is 12.2. The van der Waals surface area contributed by atoms with Gasteiger partial charge in [-0.3, -0.25) is 0 Å². The van der Waals surface area contributed by atoms with E-state index in [1.807, 2.05) is 0 Å². The van der Waals surface area contributed by atoms with E-state index >= 15 is 0 Å². The number of aliphatic hydroxyl groups is 2. The van der Waals surface area contributed by atoms with Crippen LogP contribution >= 0.6 is 0 Å². The molecule has 0 aromatic rings. The van der Waals surface area contributed by atoms with Crippen molar-refractivity contribution in [2.75, 3.05) is 13.2 Å². The van der Waals surface area contributed by atoms with Crippen LogP contribution in [0.2, 0.25) is 0 Å². The molecule has 0 aromatic heterocycles. The maximum atomic E-state index is 12.1. The lowest BCUT2D eigenvalue weighted by Crippen LogP contribution is -2.63. The highest BCUT2D eigenvalue weighted by molar-refractivity contribution is 5.87. The van der Waals surface area contributed by atoms with Crippen molar-refractivity contribution in [2.45, 2.75) is 69.2 Å². The number of esters is 1. The van der Waals surface area contributed by atoms with Gasteiger partial charge >= 0.3 is 5.97 Å². The lowest BCUT2D eigenvalue weighted by molar-refractivity contribution is -0.272. The largest absolute Gasteiger partial charge is 0.456 e. The van der Waals surface area contributed by atoms with Gasteiger partial charge in [-0.05, 0) is 57.8 Å². The Bertz CT molecular complexity index is 494. The van der Waals surface area contributed by atoms with Crippen molar-refractivity contribution < 1.29 is 24.5 Å². The maximum absolute atomic E-state index is 12.1. The normalized spacial score (nSPS) is 38.6. The Morgan fingerprint density at radius 1 is 1.17 bits per heavy atom. The average molecular weight is 324 g/mol. The molecule has 4 fully saturated rings. The first-order valence-electron chi connectivity index (χ1n) is 8.53. The summed E-state index contributed by atoms with van der Waals surface area (Å²) in [6.45, 7) is 6.64. The first kappa shape index (κ1) is 16.9. The molecular weight excluding hydrogens is 296 g/mol. The average Bonchev–Trinajstić information content (AvgIpc) is 2.44. The summed E-state index contributed by atoms with van der Waals surface area (Å²) >= 11 is 0. The molecule has 0 amide bonds. The third-order valence-electron chi connectivity index (χ3n) is 5.74. The molecule has 5 heteroatoms. The van der Waals surface area contributed by atoms with Crippen LogP contribution in [0.3, 0.4) is 0 Å². The van der Waals surface area contributed by atoms with E-state index in [1.54, 1.807) is 13.8 Å². The molecule has 2 unspecified atom stereocenters. The van der Waals surface area contributed by atoms with Gasteiger partial charge in [0.1, 0.15) is 11.2 Å². The molecule has 0 heterocycles.